The van der Waals surface area contributed by atoms with E-state index in [0.29, 0.717) is 0 Å². The molecular formula is C22H26N2O. The maximum absolute atomic E-state index is 5.32. The van der Waals surface area contributed by atoms with Crippen LogP contribution in [0.4, 0.5) is 0 Å². The Morgan fingerprint density at radius 3 is 2.64 bits per heavy atom. The molecule has 0 saturated carbocycles. The summed E-state index contributed by atoms with van der Waals surface area (Å²) in [6.45, 7) is 8.75. The molecule has 1 aliphatic rings. The first-order chi connectivity index (χ1) is 12.1. The summed E-state index contributed by atoms with van der Waals surface area (Å²) in [4.78, 5) is 2.62. The lowest BCUT2D eigenvalue weighted by Crippen LogP contribution is -2.28. The molecule has 0 radical (unpaired) electrons. The summed E-state index contributed by atoms with van der Waals surface area (Å²) < 4.78 is 5.32. The molecule has 1 aliphatic heterocycles. The Kier molecular flexibility index (Phi) is 4.34. The van der Waals surface area contributed by atoms with Crippen molar-refractivity contribution in [3.63, 3.8) is 0 Å². The van der Waals surface area contributed by atoms with E-state index in [9.17, 15) is 0 Å². The number of nitrogens with zero attached hydrogens (tertiary/aromatic N) is 2. The van der Waals surface area contributed by atoms with Crippen molar-refractivity contribution in [2.45, 2.75) is 46.1 Å². The topological polar surface area (TPSA) is 29.3 Å². The van der Waals surface area contributed by atoms with Crippen LogP contribution in [0.25, 0.3) is 21.9 Å². The highest BCUT2D eigenvalue weighted by molar-refractivity contribution is 5.88. The highest BCUT2D eigenvalue weighted by Crippen LogP contribution is 2.30. The minimum atomic E-state index is 0.748. The van der Waals surface area contributed by atoms with Crippen LogP contribution < -0.4 is 0 Å². The maximum Gasteiger partial charge on any atom is 0.141 e. The van der Waals surface area contributed by atoms with Crippen molar-refractivity contribution >= 4 is 10.8 Å². The van der Waals surface area contributed by atoms with Gasteiger partial charge in [0.2, 0.25) is 0 Å². The maximum atomic E-state index is 5.32. The third-order valence-electron chi connectivity index (χ3n) is 5.60. The second-order valence-electron chi connectivity index (χ2n) is 7.37. The number of hydrogen-bond donors (Lipinski definition) is 0. The van der Waals surface area contributed by atoms with Crippen LogP contribution in [-0.4, -0.2) is 29.2 Å². The molecule has 0 bridgehead atoms. The van der Waals surface area contributed by atoms with Gasteiger partial charge < -0.3 is 9.42 Å². The van der Waals surface area contributed by atoms with E-state index < -0.39 is 0 Å². The van der Waals surface area contributed by atoms with Crippen molar-refractivity contribution in [1.82, 2.24) is 10.1 Å². The molecule has 25 heavy (non-hydrogen) atoms. The zero-order valence-corrected chi connectivity index (χ0v) is 15.4. The van der Waals surface area contributed by atoms with Crippen molar-refractivity contribution < 1.29 is 4.52 Å². The van der Waals surface area contributed by atoms with Crippen LogP contribution in [0.1, 0.15) is 36.8 Å². The van der Waals surface area contributed by atoms with Gasteiger partial charge in [-0.3, -0.25) is 0 Å². The summed E-state index contributed by atoms with van der Waals surface area (Å²) in [5.41, 5.74) is 4.68. The van der Waals surface area contributed by atoms with E-state index in [4.69, 9.17) is 4.52 Å². The van der Waals surface area contributed by atoms with Crippen LogP contribution in [0, 0.1) is 13.8 Å². The van der Waals surface area contributed by atoms with Gasteiger partial charge in [-0.25, -0.2) is 0 Å². The van der Waals surface area contributed by atoms with Crippen LogP contribution in [-0.2, 0) is 6.42 Å². The van der Waals surface area contributed by atoms with Gasteiger partial charge in [0.05, 0.1) is 5.69 Å². The third kappa shape index (κ3) is 3.21. The number of benzene rings is 2. The lowest BCUT2D eigenvalue weighted by atomic mass is 9.98. The zero-order chi connectivity index (χ0) is 17.4. The molecule has 1 aromatic heterocycles. The SMILES string of the molecule is Cc1noc(C)c1-c1ccc2cc(CCN3CCC[C@H]3C)ccc2c1. The van der Waals surface area contributed by atoms with Gasteiger partial charge >= 0.3 is 0 Å². The minimum Gasteiger partial charge on any atom is -0.361 e. The normalized spacial score (nSPS) is 18.3. The van der Waals surface area contributed by atoms with Crippen molar-refractivity contribution in [2.75, 3.05) is 13.1 Å². The molecule has 2 heterocycles. The van der Waals surface area contributed by atoms with Crippen molar-refractivity contribution in [1.29, 1.82) is 0 Å². The number of aryl methyl sites for hydroxylation is 2. The Bertz CT molecular complexity index is 877. The molecule has 3 aromatic rings. The molecule has 3 nitrogen and oxygen atoms in total. The molecule has 0 spiro atoms. The number of likely N-dealkylation sites (tertiary alicyclic amines) is 1. The van der Waals surface area contributed by atoms with Gasteiger partial charge in [-0.2, -0.15) is 0 Å². The number of fused-ring (bicyclic) bond motifs is 1. The summed E-state index contributed by atoms with van der Waals surface area (Å²) >= 11 is 0. The fourth-order valence-corrected chi connectivity index (χ4v) is 4.10. The Balaban J connectivity index is 1.56. The molecule has 1 saturated heterocycles. The Hall–Kier alpha value is -2.13. The minimum absolute atomic E-state index is 0.748. The van der Waals surface area contributed by atoms with E-state index >= 15 is 0 Å². The van der Waals surface area contributed by atoms with E-state index in [1.165, 1.54) is 47.8 Å². The first kappa shape index (κ1) is 16.3. The van der Waals surface area contributed by atoms with Crippen LogP contribution in [0.3, 0.4) is 0 Å². The molecule has 2 aromatic carbocycles. The van der Waals surface area contributed by atoms with Crippen LogP contribution in [0.5, 0.6) is 0 Å². The molecule has 1 atom stereocenters. The van der Waals surface area contributed by atoms with Gasteiger partial charge in [0.25, 0.3) is 0 Å². The van der Waals surface area contributed by atoms with Crippen LogP contribution >= 0.6 is 0 Å². The summed E-state index contributed by atoms with van der Waals surface area (Å²) in [6, 6.07) is 14.3. The van der Waals surface area contributed by atoms with Gasteiger partial charge in [0.1, 0.15) is 5.76 Å². The van der Waals surface area contributed by atoms with E-state index in [-0.39, 0.29) is 0 Å². The van der Waals surface area contributed by atoms with Crippen molar-refractivity contribution in [3.8, 4) is 11.1 Å². The second-order valence-corrected chi connectivity index (χ2v) is 7.37. The van der Waals surface area contributed by atoms with Gasteiger partial charge in [-0.1, -0.05) is 35.5 Å². The lowest BCUT2D eigenvalue weighted by Gasteiger charge is -2.20. The Morgan fingerprint density at radius 1 is 1.12 bits per heavy atom. The van der Waals surface area contributed by atoms with Gasteiger partial charge in [-0.05, 0) is 74.5 Å². The first-order valence-corrected chi connectivity index (χ1v) is 9.32. The lowest BCUT2D eigenvalue weighted by molar-refractivity contribution is 0.272. The molecule has 3 heteroatoms. The molecule has 130 valence electrons. The first-order valence-electron chi connectivity index (χ1n) is 9.32. The number of rotatable bonds is 4. The highest BCUT2D eigenvalue weighted by atomic mass is 16.5. The van der Waals surface area contributed by atoms with Gasteiger partial charge in [-0.15, -0.1) is 0 Å². The van der Waals surface area contributed by atoms with Gasteiger partial charge in [0.15, 0.2) is 0 Å². The molecule has 0 unspecified atom stereocenters. The summed E-state index contributed by atoms with van der Waals surface area (Å²) in [5, 5.41) is 6.66. The van der Waals surface area contributed by atoms with Gasteiger partial charge in [0, 0.05) is 18.2 Å². The quantitative estimate of drug-likeness (QED) is 0.661. The smallest absolute Gasteiger partial charge is 0.141 e. The molecule has 1 fully saturated rings. The summed E-state index contributed by atoms with van der Waals surface area (Å²) in [7, 11) is 0. The predicted octanol–water partition coefficient (Wildman–Crippen LogP) is 5.14. The van der Waals surface area contributed by atoms with Crippen LogP contribution in [0.15, 0.2) is 40.9 Å². The highest BCUT2D eigenvalue weighted by Gasteiger charge is 2.19. The largest absolute Gasteiger partial charge is 0.361 e. The molecule has 0 aliphatic carbocycles. The molecular weight excluding hydrogens is 308 g/mol. The van der Waals surface area contributed by atoms with Crippen molar-refractivity contribution in [3.05, 3.63) is 53.4 Å². The molecule has 0 N–H and O–H groups in total. The average Bonchev–Trinajstić information content (AvgIpc) is 3.17. The van der Waals surface area contributed by atoms with Crippen LogP contribution in [0.2, 0.25) is 0 Å². The Morgan fingerprint density at radius 2 is 1.92 bits per heavy atom. The zero-order valence-electron chi connectivity index (χ0n) is 15.4. The molecule has 4 rings (SSSR count). The van der Waals surface area contributed by atoms with E-state index in [1.54, 1.807) is 0 Å². The standard InChI is InChI=1S/C22H26N2O/c1-15-5-4-11-24(15)12-10-18-6-7-20-14-21(9-8-19(20)13-18)22-16(2)23-25-17(22)3/h6-9,13-15H,4-5,10-12H2,1-3H3/t15-/m1/s1. The van der Waals surface area contributed by atoms with E-state index in [2.05, 4.69) is 53.4 Å². The monoisotopic (exact) mass is 334 g/mol. The number of aromatic nitrogens is 1. The van der Waals surface area contributed by atoms with E-state index in [0.717, 1.165) is 29.5 Å². The molecule has 0 amide bonds. The second kappa shape index (κ2) is 6.64. The summed E-state index contributed by atoms with van der Waals surface area (Å²) in [6.07, 6.45) is 3.83. The Labute approximate surface area is 149 Å². The number of hydrogen-bond acceptors (Lipinski definition) is 3. The fourth-order valence-electron chi connectivity index (χ4n) is 4.10. The fraction of sp³-hybridized carbons (Fsp3) is 0.409. The average molecular weight is 334 g/mol. The summed E-state index contributed by atoms with van der Waals surface area (Å²) in [5.74, 6) is 0.883. The van der Waals surface area contributed by atoms with Crippen molar-refractivity contribution in [2.24, 2.45) is 0 Å². The third-order valence-corrected chi connectivity index (χ3v) is 5.60. The predicted molar refractivity (Wildman–Crippen MR) is 103 cm³/mol. The van der Waals surface area contributed by atoms with E-state index in [1.807, 2.05) is 13.8 Å².